The van der Waals surface area contributed by atoms with Gasteiger partial charge in [-0.2, -0.15) is 5.10 Å². The Morgan fingerprint density at radius 3 is 2.90 bits per heavy atom. The third-order valence-corrected chi connectivity index (χ3v) is 4.02. The minimum absolute atomic E-state index is 0.157. The summed E-state index contributed by atoms with van der Waals surface area (Å²) in [5, 5.41) is 7.36. The van der Waals surface area contributed by atoms with Gasteiger partial charge in [-0.05, 0) is 40.4 Å². The van der Waals surface area contributed by atoms with Crippen LogP contribution in [0.2, 0.25) is 0 Å². The molecule has 0 saturated heterocycles. The van der Waals surface area contributed by atoms with Crippen molar-refractivity contribution in [2.75, 3.05) is 11.9 Å². The van der Waals surface area contributed by atoms with E-state index in [2.05, 4.69) is 52.0 Å². The number of rotatable bonds is 6. The molecule has 0 bridgehead atoms. The lowest BCUT2D eigenvalue weighted by Crippen LogP contribution is -2.24. The Morgan fingerprint density at radius 1 is 1.43 bits per heavy atom. The molecule has 0 spiro atoms. The van der Waals surface area contributed by atoms with Crippen molar-refractivity contribution in [2.24, 2.45) is 0 Å². The van der Waals surface area contributed by atoms with Crippen LogP contribution in [0.1, 0.15) is 11.1 Å². The number of hydrogen-bond acceptors (Lipinski definition) is 3. The zero-order chi connectivity index (χ0) is 15.2. The molecular formula is C16H18BrN3O. The third-order valence-electron chi connectivity index (χ3n) is 3.26. The molecule has 0 aliphatic rings. The number of benzene rings is 1. The predicted octanol–water partition coefficient (Wildman–Crippen LogP) is 3.15. The molecule has 1 N–H and O–H groups in total. The number of halogens is 1. The van der Waals surface area contributed by atoms with E-state index in [1.165, 1.54) is 15.8 Å². The third kappa shape index (κ3) is 3.82. The van der Waals surface area contributed by atoms with Gasteiger partial charge in [0.25, 0.3) is 5.56 Å². The summed E-state index contributed by atoms with van der Waals surface area (Å²) in [6.07, 6.45) is 4.20. The van der Waals surface area contributed by atoms with Crippen LogP contribution in [-0.4, -0.2) is 16.3 Å². The van der Waals surface area contributed by atoms with E-state index >= 15 is 0 Å². The predicted molar refractivity (Wildman–Crippen MR) is 89.8 cm³/mol. The summed E-state index contributed by atoms with van der Waals surface area (Å²) >= 11 is 3.33. The Hall–Kier alpha value is -1.88. The van der Waals surface area contributed by atoms with Crippen molar-refractivity contribution in [1.29, 1.82) is 0 Å². The highest BCUT2D eigenvalue weighted by Crippen LogP contribution is 2.16. The highest BCUT2D eigenvalue weighted by Gasteiger charge is 2.07. The van der Waals surface area contributed by atoms with Gasteiger partial charge >= 0.3 is 0 Å². The summed E-state index contributed by atoms with van der Waals surface area (Å²) in [5.41, 5.74) is 3.14. The molecule has 0 fully saturated rings. The lowest BCUT2D eigenvalue weighted by Gasteiger charge is -2.10. The zero-order valence-corrected chi connectivity index (χ0v) is 13.6. The van der Waals surface area contributed by atoms with Crippen molar-refractivity contribution in [3.8, 4) is 0 Å². The van der Waals surface area contributed by atoms with Gasteiger partial charge in [0.1, 0.15) is 4.47 Å². The van der Waals surface area contributed by atoms with Gasteiger partial charge in [-0.3, -0.25) is 4.79 Å². The van der Waals surface area contributed by atoms with E-state index in [1.54, 1.807) is 12.3 Å². The van der Waals surface area contributed by atoms with E-state index in [0.29, 0.717) is 16.7 Å². The van der Waals surface area contributed by atoms with E-state index in [0.717, 1.165) is 13.0 Å². The van der Waals surface area contributed by atoms with Gasteiger partial charge in [-0.25, -0.2) is 4.68 Å². The first-order chi connectivity index (χ1) is 10.1. The van der Waals surface area contributed by atoms with Crippen LogP contribution < -0.4 is 10.9 Å². The summed E-state index contributed by atoms with van der Waals surface area (Å²) in [5.74, 6) is 0. The van der Waals surface area contributed by atoms with E-state index in [1.807, 2.05) is 12.1 Å². The molecule has 0 unspecified atom stereocenters. The molecule has 5 heteroatoms. The van der Waals surface area contributed by atoms with E-state index < -0.39 is 0 Å². The van der Waals surface area contributed by atoms with E-state index in [9.17, 15) is 4.79 Å². The average Bonchev–Trinajstić information content (AvgIpc) is 2.48. The second-order valence-corrected chi connectivity index (χ2v) is 5.54. The summed E-state index contributed by atoms with van der Waals surface area (Å²) in [6.45, 7) is 6.86. The summed E-state index contributed by atoms with van der Waals surface area (Å²) in [4.78, 5) is 12.0. The Balaban J connectivity index is 2.04. The van der Waals surface area contributed by atoms with Crippen molar-refractivity contribution in [3.05, 3.63) is 69.1 Å². The highest BCUT2D eigenvalue weighted by molar-refractivity contribution is 9.10. The number of aryl methyl sites for hydroxylation is 1. The van der Waals surface area contributed by atoms with Crippen LogP contribution in [0, 0.1) is 6.92 Å². The standard InChI is InChI=1S/C16H18BrN3O/c1-3-10-20-16(21)15(17)14(11-19-20)18-9-8-13-7-5-4-6-12(13)2/h3-7,11,18H,1,8-10H2,2H3. The molecule has 0 atom stereocenters. The van der Waals surface area contributed by atoms with Crippen molar-refractivity contribution in [1.82, 2.24) is 9.78 Å². The van der Waals surface area contributed by atoms with Gasteiger partial charge < -0.3 is 5.32 Å². The molecule has 0 radical (unpaired) electrons. The highest BCUT2D eigenvalue weighted by atomic mass is 79.9. The molecule has 4 nitrogen and oxygen atoms in total. The summed E-state index contributed by atoms with van der Waals surface area (Å²) in [6, 6.07) is 8.29. The maximum atomic E-state index is 12.0. The normalized spacial score (nSPS) is 10.4. The SMILES string of the molecule is C=CCn1ncc(NCCc2ccccc2C)c(Br)c1=O. The number of nitrogens with one attached hydrogen (secondary N) is 1. The van der Waals surface area contributed by atoms with Crippen LogP contribution >= 0.6 is 15.9 Å². The van der Waals surface area contributed by atoms with E-state index in [-0.39, 0.29) is 5.56 Å². The van der Waals surface area contributed by atoms with Gasteiger partial charge in [0.2, 0.25) is 0 Å². The summed E-state index contributed by atoms with van der Waals surface area (Å²) in [7, 11) is 0. The van der Waals surface area contributed by atoms with Crippen molar-refractivity contribution in [3.63, 3.8) is 0 Å². The maximum Gasteiger partial charge on any atom is 0.283 e. The van der Waals surface area contributed by atoms with Crippen LogP contribution in [0.3, 0.4) is 0 Å². The Morgan fingerprint density at radius 2 is 2.19 bits per heavy atom. The maximum absolute atomic E-state index is 12.0. The average molecular weight is 348 g/mol. The van der Waals surface area contributed by atoms with Crippen molar-refractivity contribution >= 4 is 21.6 Å². The fourth-order valence-electron chi connectivity index (χ4n) is 2.06. The molecule has 0 amide bonds. The van der Waals surface area contributed by atoms with Crippen LogP contribution in [0.4, 0.5) is 5.69 Å². The molecule has 21 heavy (non-hydrogen) atoms. The van der Waals surface area contributed by atoms with E-state index in [4.69, 9.17) is 0 Å². The Kier molecular flexibility index (Phi) is 5.33. The lowest BCUT2D eigenvalue weighted by molar-refractivity contribution is 0.649. The van der Waals surface area contributed by atoms with Crippen molar-refractivity contribution < 1.29 is 0 Å². The molecule has 0 aliphatic carbocycles. The first kappa shape index (κ1) is 15.5. The fraction of sp³-hybridized carbons (Fsp3) is 0.250. The fourth-order valence-corrected chi connectivity index (χ4v) is 2.51. The van der Waals surface area contributed by atoms with Crippen LogP contribution in [0.25, 0.3) is 0 Å². The minimum atomic E-state index is -0.157. The first-order valence-corrected chi connectivity index (χ1v) is 7.57. The van der Waals surface area contributed by atoms with Crippen LogP contribution in [-0.2, 0) is 13.0 Å². The molecule has 1 heterocycles. The molecule has 2 rings (SSSR count). The van der Waals surface area contributed by atoms with Crippen LogP contribution in [0.5, 0.6) is 0 Å². The number of aromatic nitrogens is 2. The van der Waals surface area contributed by atoms with Gasteiger partial charge in [0, 0.05) is 6.54 Å². The smallest absolute Gasteiger partial charge is 0.283 e. The molecular weight excluding hydrogens is 330 g/mol. The minimum Gasteiger partial charge on any atom is -0.382 e. The number of allylic oxidation sites excluding steroid dienone is 1. The summed E-state index contributed by atoms with van der Waals surface area (Å²) < 4.78 is 1.87. The molecule has 1 aromatic heterocycles. The van der Waals surface area contributed by atoms with Gasteiger partial charge in [0.15, 0.2) is 0 Å². The Bertz CT molecular complexity index is 694. The van der Waals surface area contributed by atoms with Crippen molar-refractivity contribution in [2.45, 2.75) is 19.9 Å². The lowest BCUT2D eigenvalue weighted by atomic mass is 10.1. The second-order valence-electron chi connectivity index (χ2n) is 4.75. The largest absolute Gasteiger partial charge is 0.382 e. The monoisotopic (exact) mass is 347 g/mol. The molecule has 0 saturated carbocycles. The number of nitrogens with zero attached hydrogens (tertiary/aromatic N) is 2. The van der Waals surface area contributed by atoms with Crippen LogP contribution in [0.15, 0.2) is 52.4 Å². The van der Waals surface area contributed by atoms with Gasteiger partial charge in [0.05, 0.1) is 18.4 Å². The van der Waals surface area contributed by atoms with Gasteiger partial charge in [-0.15, -0.1) is 6.58 Å². The Labute approximate surface area is 132 Å². The second kappa shape index (κ2) is 7.22. The molecule has 1 aromatic carbocycles. The molecule has 110 valence electrons. The quantitative estimate of drug-likeness (QED) is 0.816. The topological polar surface area (TPSA) is 46.9 Å². The molecule has 2 aromatic rings. The number of anilines is 1. The first-order valence-electron chi connectivity index (χ1n) is 6.78. The zero-order valence-electron chi connectivity index (χ0n) is 12.0. The number of hydrogen-bond donors (Lipinski definition) is 1. The van der Waals surface area contributed by atoms with Gasteiger partial charge in [-0.1, -0.05) is 30.3 Å². The molecule has 0 aliphatic heterocycles.